The molecule has 0 saturated carbocycles. The number of nitrogens with zero attached hydrogens (tertiary/aromatic N) is 1. The molecule has 0 saturated heterocycles. The zero-order valence-electron chi connectivity index (χ0n) is 17.2. The number of hydrogen-bond donors (Lipinski definition) is 1. The lowest BCUT2D eigenvalue weighted by Gasteiger charge is -2.16. The van der Waals surface area contributed by atoms with Gasteiger partial charge in [-0.05, 0) is 19.3 Å². The molecule has 0 aromatic rings. The summed E-state index contributed by atoms with van der Waals surface area (Å²) in [6.07, 6.45) is 26.2. The minimum atomic E-state index is 0. The second kappa shape index (κ2) is 18.6. The van der Waals surface area contributed by atoms with E-state index in [0.717, 1.165) is 0 Å². The van der Waals surface area contributed by atoms with Crippen LogP contribution in [0.2, 0.25) is 0 Å². The molecule has 25 heavy (non-hydrogen) atoms. The van der Waals surface area contributed by atoms with Gasteiger partial charge in [-0.1, -0.05) is 90.9 Å². The van der Waals surface area contributed by atoms with Gasteiger partial charge in [-0.25, -0.2) is 0 Å². The van der Waals surface area contributed by atoms with Gasteiger partial charge in [0.15, 0.2) is 6.67 Å². The lowest BCUT2D eigenvalue weighted by Crippen LogP contribution is -3.07. The van der Waals surface area contributed by atoms with Gasteiger partial charge in [0.1, 0.15) is 6.20 Å². The number of quaternary nitrogens is 1. The standard InChI is InChI=1S/C22H44N2.ClH/c1-3-5-6-7-8-9-10-11-12-13-14-15-16-17-19-24-21-20-23(22-24)18-4-2;/h20-21H,3-19,22H2,1-2H3;1H. The topological polar surface area (TPSA) is 7.68 Å². The van der Waals surface area contributed by atoms with Crippen molar-refractivity contribution in [2.45, 2.75) is 110 Å². The molecule has 0 aromatic heterocycles. The Kier molecular flexibility index (Phi) is 18.4. The molecule has 1 aliphatic rings. The summed E-state index contributed by atoms with van der Waals surface area (Å²) in [5.41, 5.74) is 0. The van der Waals surface area contributed by atoms with Crippen molar-refractivity contribution in [3.8, 4) is 0 Å². The smallest absolute Gasteiger partial charge is 0.156 e. The summed E-state index contributed by atoms with van der Waals surface area (Å²) >= 11 is 0. The molecule has 1 heterocycles. The minimum Gasteiger partial charge on any atom is -1.00 e. The SMILES string of the molecule is CCCCCCCCCCCCCCCC[NH+]1C=CN(CCC)C1.[Cl-]. The predicted octanol–water partition coefficient (Wildman–Crippen LogP) is 2.51. The largest absolute Gasteiger partial charge is 1.00 e. The number of nitrogens with one attached hydrogen (secondary N) is 1. The molecule has 0 radical (unpaired) electrons. The predicted molar refractivity (Wildman–Crippen MR) is 107 cm³/mol. The molecule has 150 valence electrons. The Morgan fingerprint density at radius 1 is 0.680 bits per heavy atom. The summed E-state index contributed by atoms with van der Waals surface area (Å²) in [4.78, 5) is 4.11. The first-order valence-corrected chi connectivity index (χ1v) is 11.1. The summed E-state index contributed by atoms with van der Waals surface area (Å²) in [6, 6.07) is 0. The van der Waals surface area contributed by atoms with Crippen LogP contribution >= 0.6 is 0 Å². The van der Waals surface area contributed by atoms with Crippen LogP contribution in [0.15, 0.2) is 12.4 Å². The summed E-state index contributed by atoms with van der Waals surface area (Å²) in [5, 5.41) is 0. The van der Waals surface area contributed by atoms with Crippen molar-refractivity contribution < 1.29 is 17.3 Å². The van der Waals surface area contributed by atoms with E-state index in [0.29, 0.717) is 0 Å². The second-order valence-electron chi connectivity index (χ2n) is 7.79. The Morgan fingerprint density at radius 2 is 1.16 bits per heavy atom. The number of halogens is 1. The third kappa shape index (κ3) is 14.6. The molecule has 0 amide bonds. The maximum absolute atomic E-state index is 2.46. The fraction of sp³-hybridized carbons (Fsp3) is 0.909. The van der Waals surface area contributed by atoms with E-state index in [-0.39, 0.29) is 12.4 Å². The van der Waals surface area contributed by atoms with E-state index >= 15 is 0 Å². The van der Waals surface area contributed by atoms with Crippen LogP contribution < -0.4 is 17.3 Å². The van der Waals surface area contributed by atoms with Crippen molar-refractivity contribution in [1.82, 2.24) is 4.90 Å². The van der Waals surface area contributed by atoms with Crippen LogP contribution in [0.25, 0.3) is 0 Å². The van der Waals surface area contributed by atoms with E-state index < -0.39 is 0 Å². The Balaban J connectivity index is 0.00000576. The summed E-state index contributed by atoms with van der Waals surface area (Å²) in [6.45, 7) is 8.31. The Morgan fingerprint density at radius 3 is 1.64 bits per heavy atom. The van der Waals surface area contributed by atoms with Crippen molar-refractivity contribution in [2.24, 2.45) is 0 Å². The quantitative estimate of drug-likeness (QED) is 0.385. The van der Waals surface area contributed by atoms with Crippen LogP contribution in [0, 0.1) is 0 Å². The second-order valence-corrected chi connectivity index (χ2v) is 7.79. The van der Waals surface area contributed by atoms with E-state index in [2.05, 4.69) is 31.1 Å². The lowest BCUT2D eigenvalue weighted by atomic mass is 10.0. The van der Waals surface area contributed by atoms with E-state index in [1.54, 1.807) is 4.90 Å². The highest BCUT2D eigenvalue weighted by Crippen LogP contribution is 2.12. The van der Waals surface area contributed by atoms with E-state index in [9.17, 15) is 0 Å². The van der Waals surface area contributed by atoms with E-state index in [4.69, 9.17) is 0 Å². The van der Waals surface area contributed by atoms with Crippen molar-refractivity contribution in [3.05, 3.63) is 12.4 Å². The third-order valence-corrected chi connectivity index (χ3v) is 5.29. The summed E-state index contributed by atoms with van der Waals surface area (Å²) in [5.74, 6) is 0. The van der Waals surface area contributed by atoms with Gasteiger partial charge in [-0.15, -0.1) is 0 Å². The van der Waals surface area contributed by atoms with Gasteiger partial charge in [0.2, 0.25) is 0 Å². The average molecular weight is 373 g/mol. The normalized spacial score (nSPS) is 16.4. The van der Waals surface area contributed by atoms with Crippen LogP contribution in [-0.2, 0) is 0 Å². The maximum Gasteiger partial charge on any atom is 0.156 e. The van der Waals surface area contributed by atoms with Gasteiger partial charge in [0.25, 0.3) is 0 Å². The zero-order valence-corrected chi connectivity index (χ0v) is 18.0. The van der Waals surface area contributed by atoms with Crippen molar-refractivity contribution in [1.29, 1.82) is 0 Å². The van der Waals surface area contributed by atoms with Crippen molar-refractivity contribution >= 4 is 0 Å². The molecule has 1 N–H and O–H groups in total. The average Bonchev–Trinajstić information content (AvgIpc) is 3.03. The highest BCUT2D eigenvalue weighted by molar-refractivity contribution is 4.77. The number of unbranched alkanes of at least 4 members (excludes halogenated alkanes) is 13. The molecule has 3 heteroatoms. The molecule has 1 aliphatic heterocycles. The maximum atomic E-state index is 2.46. The molecule has 0 fully saturated rings. The van der Waals surface area contributed by atoms with Gasteiger partial charge in [-0.2, -0.15) is 0 Å². The van der Waals surface area contributed by atoms with Crippen LogP contribution in [0.3, 0.4) is 0 Å². The van der Waals surface area contributed by atoms with Gasteiger partial charge in [0.05, 0.1) is 12.7 Å². The van der Waals surface area contributed by atoms with Crippen LogP contribution in [-0.4, -0.2) is 24.7 Å². The van der Waals surface area contributed by atoms with Gasteiger partial charge < -0.3 is 17.3 Å². The molecule has 2 nitrogen and oxygen atoms in total. The fourth-order valence-electron chi connectivity index (χ4n) is 3.73. The molecule has 0 aromatic carbocycles. The molecular weight excluding hydrogens is 328 g/mol. The van der Waals surface area contributed by atoms with Crippen LogP contribution in [0.4, 0.5) is 0 Å². The highest BCUT2D eigenvalue weighted by Gasteiger charge is 2.14. The third-order valence-electron chi connectivity index (χ3n) is 5.29. The van der Waals surface area contributed by atoms with Crippen LogP contribution in [0.1, 0.15) is 110 Å². The molecule has 1 rings (SSSR count). The first kappa shape index (κ1) is 24.8. The number of hydrogen-bond acceptors (Lipinski definition) is 1. The lowest BCUT2D eigenvalue weighted by molar-refractivity contribution is -0.849. The van der Waals surface area contributed by atoms with Gasteiger partial charge in [-0.3, -0.25) is 4.90 Å². The van der Waals surface area contributed by atoms with Crippen LogP contribution in [0.5, 0.6) is 0 Å². The van der Waals surface area contributed by atoms with Crippen molar-refractivity contribution in [2.75, 3.05) is 19.8 Å². The molecule has 1 unspecified atom stereocenters. The molecule has 0 bridgehead atoms. The molecule has 1 atom stereocenters. The van der Waals surface area contributed by atoms with Crippen molar-refractivity contribution in [3.63, 3.8) is 0 Å². The first-order valence-electron chi connectivity index (χ1n) is 11.1. The molecule has 0 spiro atoms. The molecular formula is C22H45ClN2. The minimum absolute atomic E-state index is 0. The Bertz CT molecular complexity index is 294. The highest BCUT2D eigenvalue weighted by atomic mass is 35.5. The van der Waals surface area contributed by atoms with Gasteiger partial charge >= 0.3 is 0 Å². The van der Waals surface area contributed by atoms with E-state index in [1.165, 1.54) is 116 Å². The Labute approximate surface area is 164 Å². The molecule has 0 aliphatic carbocycles. The van der Waals surface area contributed by atoms with Gasteiger partial charge in [0, 0.05) is 6.54 Å². The fourth-order valence-corrected chi connectivity index (χ4v) is 3.73. The summed E-state index contributed by atoms with van der Waals surface area (Å²) < 4.78 is 0. The number of rotatable bonds is 17. The first-order chi connectivity index (χ1) is 11.9. The summed E-state index contributed by atoms with van der Waals surface area (Å²) in [7, 11) is 0. The Hall–Kier alpha value is -0.210. The monoisotopic (exact) mass is 372 g/mol. The van der Waals surface area contributed by atoms with E-state index in [1.807, 2.05) is 0 Å². The zero-order chi connectivity index (χ0) is 17.3.